The van der Waals surface area contributed by atoms with Crippen LogP contribution in [-0.4, -0.2) is 25.5 Å². The van der Waals surface area contributed by atoms with Crippen molar-refractivity contribution in [2.24, 2.45) is 10.2 Å². The molecule has 0 aliphatic carbocycles. The van der Waals surface area contributed by atoms with Crippen molar-refractivity contribution in [1.29, 1.82) is 0 Å². The van der Waals surface area contributed by atoms with Crippen LogP contribution in [0, 0.1) is 6.92 Å². The maximum absolute atomic E-state index is 13.4. The predicted octanol–water partition coefficient (Wildman–Crippen LogP) is 3.85. The van der Waals surface area contributed by atoms with E-state index in [2.05, 4.69) is 15.5 Å². The Labute approximate surface area is 256 Å². The Morgan fingerprint density at radius 2 is 1.79 bits per heavy atom. The standard InChI is InChI=1S/C26H21Cl2N3O6S.Na/c1-3-37-16-8-9-21(20(27)12-16)29-26(33)19-11-15-6-4-5-7-18(15)24(25(19)32)31-30-22-13-17(38(34,35)36)10-14(2)23(22)28;/h4-13,32H,3H2,1-2H3,(H,29,33)(H,34,35,36);/q;+1/p-1. The normalized spacial score (nSPS) is 11.4. The number of amides is 1. The van der Waals surface area contributed by atoms with Gasteiger partial charge in [-0.15, -0.1) is 5.11 Å². The molecule has 4 rings (SSSR count). The summed E-state index contributed by atoms with van der Waals surface area (Å²) in [7, 11) is -4.54. The van der Waals surface area contributed by atoms with Crippen molar-refractivity contribution in [3.63, 3.8) is 0 Å². The average molecular weight is 596 g/mol. The number of halogens is 2. The van der Waals surface area contributed by atoms with Crippen molar-refractivity contribution < 1.29 is 57.2 Å². The van der Waals surface area contributed by atoms with Crippen LogP contribution in [0.3, 0.4) is 0 Å². The second-order valence-electron chi connectivity index (χ2n) is 8.10. The molecule has 0 spiro atoms. The van der Waals surface area contributed by atoms with Crippen molar-refractivity contribution in [3.05, 3.63) is 81.8 Å². The molecule has 2 N–H and O–H groups in total. The molecule has 0 heterocycles. The molecule has 196 valence electrons. The molecule has 0 radical (unpaired) electrons. The number of carbonyl (C=O) groups is 1. The molecule has 0 aliphatic heterocycles. The van der Waals surface area contributed by atoms with E-state index >= 15 is 0 Å². The van der Waals surface area contributed by atoms with E-state index in [0.717, 1.165) is 6.07 Å². The number of nitrogens with one attached hydrogen (secondary N) is 1. The van der Waals surface area contributed by atoms with E-state index in [1.54, 1.807) is 42.5 Å². The number of anilines is 1. The molecule has 4 aromatic carbocycles. The number of aryl methyl sites for hydroxylation is 1. The van der Waals surface area contributed by atoms with Gasteiger partial charge in [-0.2, -0.15) is 13.5 Å². The van der Waals surface area contributed by atoms with Gasteiger partial charge in [0.2, 0.25) is 0 Å². The van der Waals surface area contributed by atoms with E-state index < -0.39 is 26.7 Å². The summed E-state index contributed by atoms with van der Waals surface area (Å²) in [5.41, 5.74) is 0.149. The molecule has 0 aliphatic rings. The summed E-state index contributed by atoms with van der Waals surface area (Å²) in [5, 5.41) is 25.3. The summed E-state index contributed by atoms with van der Waals surface area (Å²) >= 11 is 12.5. The van der Waals surface area contributed by atoms with Gasteiger partial charge in [0.1, 0.15) is 11.4 Å². The predicted molar refractivity (Wildman–Crippen MR) is 144 cm³/mol. The third-order valence-corrected chi connectivity index (χ3v) is 7.12. The first-order chi connectivity index (χ1) is 18.0. The number of azo groups is 1. The van der Waals surface area contributed by atoms with Gasteiger partial charge in [-0.1, -0.05) is 53.2 Å². The Bertz CT molecular complexity index is 1710. The zero-order chi connectivity index (χ0) is 27.6. The number of nitrogens with zero attached hydrogens (tertiary/aromatic N) is 2. The summed E-state index contributed by atoms with van der Waals surface area (Å²) in [4.78, 5) is 12.7. The van der Waals surface area contributed by atoms with E-state index in [0.29, 0.717) is 28.7 Å². The van der Waals surface area contributed by atoms with Crippen LogP contribution in [0.25, 0.3) is 10.8 Å². The quantitative estimate of drug-likeness (QED) is 0.189. The van der Waals surface area contributed by atoms with Gasteiger partial charge in [-0.25, -0.2) is 0 Å². The largest absolute Gasteiger partial charge is 1.00 e. The van der Waals surface area contributed by atoms with Crippen molar-refractivity contribution in [3.8, 4) is 11.5 Å². The molecule has 0 saturated carbocycles. The van der Waals surface area contributed by atoms with Crippen LogP contribution in [0.1, 0.15) is 22.8 Å². The van der Waals surface area contributed by atoms with Crippen LogP contribution in [-0.2, 0) is 10.1 Å². The van der Waals surface area contributed by atoms with Gasteiger partial charge in [-0.05, 0) is 55.1 Å². The summed E-state index contributed by atoms with van der Waals surface area (Å²) in [6, 6.07) is 15.1. The molecule has 39 heavy (non-hydrogen) atoms. The van der Waals surface area contributed by atoms with Crippen LogP contribution < -0.4 is 44.7 Å². The van der Waals surface area contributed by atoms with Crippen molar-refractivity contribution in [2.75, 3.05) is 11.9 Å². The molecule has 13 heteroatoms. The second-order valence-corrected chi connectivity index (χ2v) is 10.3. The second kappa shape index (κ2) is 12.6. The van der Waals surface area contributed by atoms with Gasteiger partial charge < -0.3 is 15.2 Å². The van der Waals surface area contributed by atoms with Crippen LogP contribution in [0.15, 0.2) is 75.8 Å². The number of carbonyl (C=O) groups excluding carboxylic acids is 1. The average Bonchev–Trinajstić information content (AvgIpc) is 2.86. The molecular weight excluding hydrogens is 576 g/mol. The zero-order valence-electron chi connectivity index (χ0n) is 21.0. The number of ether oxygens (including phenoxy) is 1. The van der Waals surface area contributed by atoms with Crippen molar-refractivity contribution >= 4 is 67.1 Å². The fourth-order valence-electron chi connectivity index (χ4n) is 3.66. The van der Waals surface area contributed by atoms with Gasteiger partial charge >= 0.3 is 29.6 Å². The topological polar surface area (TPSA) is 140 Å². The summed E-state index contributed by atoms with van der Waals surface area (Å²) in [6.45, 7) is 3.80. The molecule has 9 nitrogen and oxygen atoms in total. The van der Waals surface area contributed by atoms with Crippen molar-refractivity contribution in [2.45, 2.75) is 18.7 Å². The van der Waals surface area contributed by atoms with E-state index in [1.165, 1.54) is 19.1 Å². The maximum Gasteiger partial charge on any atom is 1.00 e. The summed E-state index contributed by atoms with van der Waals surface area (Å²) in [5.74, 6) is -0.906. The minimum atomic E-state index is -4.54. The smallest absolute Gasteiger partial charge is 0.870 e. The maximum atomic E-state index is 13.4. The van der Waals surface area contributed by atoms with Gasteiger partial charge in [0.25, 0.3) is 16.0 Å². The van der Waals surface area contributed by atoms with Crippen LogP contribution in [0.5, 0.6) is 11.5 Å². The summed E-state index contributed by atoms with van der Waals surface area (Å²) in [6.07, 6.45) is 0. The van der Waals surface area contributed by atoms with Crippen LogP contribution in [0.4, 0.5) is 17.1 Å². The number of benzene rings is 4. The molecule has 0 aromatic heterocycles. The fourth-order valence-corrected chi connectivity index (χ4v) is 4.62. The fraction of sp³-hybridized carbons (Fsp3) is 0.115. The van der Waals surface area contributed by atoms with E-state index in [9.17, 15) is 22.9 Å². The number of fused-ring (bicyclic) bond motifs is 1. The van der Waals surface area contributed by atoms with Crippen LogP contribution >= 0.6 is 23.2 Å². The minimum absolute atomic E-state index is 0. The van der Waals surface area contributed by atoms with Gasteiger partial charge in [0, 0.05) is 17.0 Å². The van der Waals surface area contributed by atoms with Gasteiger partial charge in [0.15, 0.2) is 0 Å². The zero-order valence-corrected chi connectivity index (χ0v) is 25.4. The Balaban J connectivity index is 0.00000420. The first-order valence-electron chi connectivity index (χ1n) is 11.2. The molecule has 1 amide bonds. The summed E-state index contributed by atoms with van der Waals surface area (Å²) < 4.78 is 38.1. The molecule has 0 saturated heterocycles. The van der Waals surface area contributed by atoms with Gasteiger partial charge in [0.05, 0.1) is 32.9 Å². The van der Waals surface area contributed by atoms with E-state index in [4.69, 9.17) is 27.9 Å². The monoisotopic (exact) mass is 595 g/mol. The first-order valence-corrected chi connectivity index (χ1v) is 13.3. The van der Waals surface area contributed by atoms with E-state index in [1.807, 2.05) is 6.92 Å². The molecule has 0 unspecified atom stereocenters. The molecule has 0 bridgehead atoms. The number of hydrogen-bond donors (Lipinski definition) is 2. The van der Waals surface area contributed by atoms with E-state index in [-0.39, 0.29) is 62.2 Å². The number of rotatable bonds is 7. The third-order valence-electron chi connectivity index (χ3n) is 5.48. The molecule has 0 fully saturated rings. The molecular formula is C26H20Cl2N3NaO6S. The Morgan fingerprint density at radius 3 is 2.46 bits per heavy atom. The third kappa shape index (κ3) is 6.90. The number of hydrogen-bond acceptors (Lipinski definition) is 7. The molecule has 4 aromatic rings. The Morgan fingerprint density at radius 1 is 1.08 bits per heavy atom. The Kier molecular flexibility index (Phi) is 10.0. The Hall–Kier alpha value is -2.70. The minimum Gasteiger partial charge on any atom is -0.870 e. The first kappa shape index (κ1) is 30.8. The van der Waals surface area contributed by atoms with Crippen molar-refractivity contribution in [1.82, 2.24) is 0 Å². The van der Waals surface area contributed by atoms with Gasteiger partial charge in [-0.3, -0.25) is 9.35 Å². The SMILES string of the molecule is CCOc1ccc(NC(=O)c2cc3ccccc3c(N=Nc3cc(S(=O)(=O)O)cc(C)c3Cl)c2[O-])c(Cl)c1.[Na+]. The molecule has 0 atom stereocenters. The van der Waals surface area contributed by atoms with Crippen LogP contribution in [0.2, 0.25) is 10.0 Å².